The van der Waals surface area contributed by atoms with Crippen LogP contribution < -0.4 is 5.73 Å². The lowest BCUT2D eigenvalue weighted by atomic mass is 9.63. The quantitative estimate of drug-likeness (QED) is 0.913. The van der Waals surface area contributed by atoms with Crippen LogP contribution in [0.15, 0.2) is 18.3 Å². The molecule has 1 aromatic heterocycles. The van der Waals surface area contributed by atoms with Crippen LogP contribution in [0.25, 0.3) is 0 Å². The van der Waals surface area contributed by atoms with Gasteiger partial charge in [0.2, 0.25) is 5.91 Å². The number of carbonyl (C=O) groups is 1. The minimum atomic E-state index is -0.414. The largest absolute Gasteiger partial charge is 0.371 e. The number of primary amides is 1. The van der Waals surface area contributed by atoms with Crippen molar-refractivity contribution in [2.75, 3.05) is 27.2 Å². The second-order valence-electron chi connectivity index (χ2n) is 6.34. The summed E-state index contributed by atoms with van der Waals surface area (Å²) in [5, 5.41) is 0. The number of hydrogen-bond donors (Lipinski definition) is 1. The smallest absolute Gasteiger partial charge is 0.248 e. The van der Waals surface area contributed by atoms with Crippen molar-refractivity contribution in [1.29, 1.82) is 0 Å². The molecule has 1 aromatic rings. The van der Waals surface area contributed by atoms with E-state index in [0.29, 0.717) is 17.4 Å². The Bertz CT molecular complexity index is 532. The minimum absolute atomic E-state index is 0.379. The highest BCUT2D eigenvalue weighted by atomic mass is 16.5. The number of pyridine rings is 1. The number of piperidine rings is 1. The molecule has 1 saturated heterocycles. The normalized spacial score (nSPS) is 32.9. The standard InChI is InChI=1S/C16H23N3O2/c1-19-9-12-4-3-5-13(10-19)16(12,21-2)14-8-11(15(17)20)6-7-18-14/h6-8,12-13H,3-5,9-10H2,1-2H3,(H2,17,20). The summed E-state index contributed by atoms with van der Waals surface area (Å²) < 4.78 is 6.07. The molecule has 114 valence electrons. The van der Waals surface area contributed by atoms with Gasteiger partial charge in [0.15, 0.2) is 0 Å². The third-order valence-corrected chi connectivity index (χ3v) is 5.16. The highest BCUT2D eigenvalue weighted by Gasteiger charge is 2.53. The lowest BCUT2D eigenvalue weighted by Gasteiger charge is -2.54. The first-order chi connectivity index (χ1) is 10.1. The Kier molecular flexibility index (Phi) is 3.71. The SMILES string of the molecule is COC1(c2cc(C(N)=O)ccn2)C2CCCC1CN(C)C2. The Labute approximate surface area is 125 Å². The molecule has 2 aliphatic rings. The summed E-state index contributed by atoms with van der Waals surface area (Å²) in [6.07, 6.45) is 5.18. The fourth-order valence-electron chi connectivity index (χ4n) is 4.31. The van der Waals surface area contributed by atoms with Gasteiger partial charge in [-0.25, -0.2) is 0 Å². The second-order valence-corrected chi connectivity index (χ2v) is 6.34. The zero-order chi connectivity index (χ0) is 15.0. The van der Waals surface area contributed by atoms with Crippen molar-refractivity contribution in [1.82, 2.24) is 9.88 Å². The number of likely N-dealkylation sites (tertiary alicyclic amines) is 1. The maximum Gasteiger partial charge on any atom is 0.248 e. The highest BCUT2D eigenvalue weighted by Crippen LogP contribution is 2.50. The minimum Gasteiger partial charge on any atom is -0.371 e. The molecule has 1 amide bonds. The van der Waals surface area contributed by atoms with Crippen molar-refractivity contribution in [3.63, 3.8) is 0 Å². The summed E-state index contributed by atoms with van der Waals surface area (Å²) in [5.41, 5.74) is 6.41. The summed E-state index contributed by atoms with van der Waals surface area (Å²) in [5.74, 6) is 0.411. The fourth-order valence-corrected chi connectivity index (χ4v) is 4.31. The second kappa shape index (κ2) is 5.39. The van der Waals surface area contributed by atoms with Gasteiger partial charge < -0.3 is 15.4 Å². The van der Waals surface area contributed by atoms with Crippen molar-refractivity contribution < 1.29 is 9.53 Å². The van der Waals surface area contributed by atoms with Crippen LogP contribution >= 0.6 is 0 Å². The molecule has 2 fully saturated rings. The van der Waals surface area contributed by atoms with Gasteiger partial charge in [-0.15, -0.1) is 0 Å². The van der Waals surface area contributed by atoms with E-state index in [-0.39, 0.29) is 5.60 Å². The molecule has 2 atom stereocenters. The topological polar surface area (TPSA) is 68.5 Å². The highest BCUT2D eigenvalue weighted by molar-refractivity contribution is 5.92. The predicted molar refractivity (Wildman–Crippen MR) is 79.8 cm³/mol. The van der Waals surface area contributed by atoms with E-state index in [1.54, 1.807) is 19.4 Å². The summed E-state index contributed by atoms with van der Waals surface area (Å²) in [6, 6.07) is 3.49. The zero-order valence-electron chi connectivity index (χ0n) is 12.7. The van der Waals surface area contributed by atoms with Gasteiger partial charge in [0, 0.05) is 43.8 Å². The van der Waals surface area contributed by atoms with E-state index in [9.17, 15) is 4.79 Å². The van der Waals surface area contributed by atoms with E-state index in [2.05, 4.69) is 16.9 Å². The molecular weight excluding hydrogens is 266 g/mol. The van der Waals surface area contributed by atoms with E-state index >= 15 is 0 Å². The number of hydrogen-bond acceptors (Lipinski definition) is 4. The van der Waals surface area contributed by atoms with Gasteiger partial charge in [-0.2, -0.15) is 0 Å². The zero-order valence-corrected chi connectivity index (χ0v) is 12.7. The number of fused-ring (bicyclic) bond motifs is 2. The lowest BCUT2D eigenvalue weighted by molar-refractivity contribution is -0.168. The number of nitrogens with two attached hydrogens (primary N) is 1. The lowest BCUT2D eigenvalue weighted by Crippen LogP contribution is -2.58. The van der Waals surface area contributed by atoms with E-state index in [1.807, 2.05) is 6.07 Å². The molecule has 3 rings (SSSR count). The van der Waals surface area contributed by atoms with Crippen molar-refractivity contribution >= 4 is 5.91 Å². The third kappa shape index (κ3) is 2.24. The van der Waals surface area contributed by atoms with Gasteiger partial charge in [-0.1, -0.05) is 6.42 Å². The summed E-state index contributed by atoms with van der Waals surface area (Å²) in [7, 11) is 3.94. The van der Waals surface area contributed by atoms with Crippen LogP contribution in [0.5, 0.6) is 0 Å². The van der Waals surface area contributed by atoms with Crippen LogP contribution in [-0.2, 0) is 10.3 Å². The Hall–Kier alpha value is -1.46. The summed E-state index contributed by atoms with van der Waals surface area (Å²) >= 11 is 0. The van der Waals surface area contributed by atoms with Gasteiger partial charge in [0.05, 0.1) is 5.69 Å². The maximum absolute atomic E-state index is 11.5. The fraction of sp³-hybridized carbons (Fsp3) is 0.625. The average molecular weight is 289 g/mol. The molecule has 2 bridgehead atoms. The number of ether oxygens (including phenoxy) is 1. The Balaban J connectivity index is 2.07. The van der Waals surface area contributed by atoms with Crippen LogP contribution in [0.4, 0.5) is 0 Å². The monoisotopic (exact) mass is 289 g/mol. The number of rotatable bonds is 3. The number of aromatic nitrogens is 1. The molecule has 1 aliphatic heterocycles. The van der Waals surface area contributed by atoms with E-state index in [1.165, 1.54) is 6.42 Å². The van der Waals surface area contributed by atoms with Crippen LogP contribution in [0, 0.1) is 11.8 Å². The van der Waals surface area contributed by atoms with Gasteiger partial charge in [0.1, 0.15) is 5.60 Å². The van der Waals surface area contributed by atoms with Crippen LogP contribution in [0.3, 0.4) is 0 Å². The van der Waals surface area contributed by atoms with E-state index in [0.717, 1.165) is 31.6 Å². The van der Waals surface area contributed by atoms with Gasteiger partial charge >= 0.3 is 0 Å². The first-order valence-corrected chi connectivity index (χ1v) is 7.58. The van der Waals surface area contributed by atoms with Gasteiger partial charge in [-0.05, 0) is 32.0 Å². The molecule has 2 unspecified atom stereocenters. The molecule has 2 N–H and O–H groups in total. The molecule has 5 heteroatoms. The molecule has 1 saturated carbocycles. The number of methoxy groups -OCH3 is 1. The van der Waals surface area contributed by atoms with Crippen molar-refractivity contribution in [3.8, 4) is 0 Å². The molecule has 0 spiro atoms. The van der Waals surface area contributed by atoms with Crippen LogP contribution in [0.1, 0.15) is 35.3 Å². The van der Waals surface area contributed by atoms with Crippen molar-refractivity contribution in [3.05, 3.63) is 29.6 Å². The molecule has 21 heavy (non-hydrogen) atoms. The predicted octanol–water partition coefficient (Wildman–Crippen LogP) is 1.38. The number of nitrogens with zero attached hydrogens (tertiary/aromatic N) is 2. The molecule has 1 aliphatic carbocycles. The van der Waals surface area contributed by atoms with Crippen molar-refractivity contribution in [2.45, 2.75) is 24.9 Å². The Morgan fingerprint density at radius 2 is 2.10 bits per heavy atom. The number of amides is 1. The Morgan fingerprint density at radius 1 is 1.43 bits per heavy atom. The molecule has 5 nitrogen and oxygen atoms in total. The first kappa shape index (κ1) is 14.5. The van der Waals surface area contributed by atoms with Gasteiger partial charge in [-0.3, -0.25) is 9.78 Å². The van der Waals surface area contributed by atoms with Crippen LogP contribution in [-0.4, -0.2) is 43.0 Å². The van der Waals surface area contributed by atoms with Crippen molar-refractivity contribution in [2.24, 2.45) is 17.6 Å². The molecule has 2 heterocycles. The van der Waals surface area contributed by atoms with E-state index in [4.69, 9.17) is 10.5 Å². The Morgan fingerprint density at radius 3 is 2.67 bits per heavy atom. The average Bonchev–Trinajstić information content (AvgIpc) is 2.46. The summed E-state index contributed by atoms with van der Waals surface area (Å²) in [6.45, 7) is 2.01. The molecular formula is C16H23N3O2. The third-order valence-electron chi connectivity index (χ3n) is 5.16. The summed E-state index contributed by atoms with van der Waals surface area (Å²) in [4.78, 5) is 18.4. The molecule has 0 radical (unpaired) electrons. The first-order valence-electron chi connectivity index (χ1n) is 7.58. The number of carbonyl (C=O) groups excluding carboxylic acids is 1. The van der Waals surface area contributed by atoms with Gasteiger partial charge in [0.25, 0.3) is 0 Å². The molecule has 0 aromatic carbocycles. The van der Waals surface area contributed by atoms with E-state index < -0.39 is 5.91 Å². The van der Waals surface area contributed by atoms with Crippen LogP contribution in [0.2, 0.25) is 0 Å². The maximum atomic E-state index is 11.5.